The van der Waals surface area contributed by atoms with Crippen molar-refractivity contribution in [1.29, 1.82) is 5.26 Å². The zero-order chi connectivity index (χ0) is 14.7. The molecule has 0 aliphatic carbocycles. The average Bonchev–Trinajstić information content (AvgIpc) is 2.72. The number of ether oxygens (including phenoxy) is 1. The fraction of sp³-hybridized carbons (Fsp3) is 0.200. The number of rotatable bonds is 3. The van der Waals surface area contributed by atoms with E-state index in [0.29, 0.717) is 21.9 Å². The lowest BCUT2D eigenvalue weighted by Gasteiger charge is -2.02. The number of phenolic OH excluding ortho intramolecular Hbond substituents is 1. The second-order valence-corrected chi connectivity index (χ2v) is 5.46. The van der Waals surface area contributed by atoms with Crippen LogP contribution in [0.3, 0.4) is 0 Å². The molecule has 2 rings (SSSR count). The van der Waals surface area contributed by atoms with Gasteiger partial charge in [-0.1, -0.05) is 0 Å². The number of phenols is 1. The van der Waals surface area contributed by atoms with E-state index in [1.807, 2.05) is 13.8 Å². The van der Waals surface area contributed by atoms with Crippen LogP contribution in [0, 0.1) is 25.2 Å². The van der Waals surface area contributed by atoms with Crippen LogP contribution in [0.15, 0.2) is 23.2 Å². The van der Waals surface area contributed by atoms with E-state index < -0.39 is 0 Å². The number of benzene rings is 1. The molecule has 0 amide bonds. The van der Waals surface area contributed by atoms with E-state index in [-0.39, 0.29) is 5.75 Å². The summed E-state index contributed by atoms with van der Waals surface area (Å²) in [5.41, 5.74) is 2.10. The summed E-state index contributed by atoms with van der Waals surface area (Å²) < 4.78 is 5.11. The molecule has 0 saturated carbocycles. The Kier molecular flexibility index (Phi) is 4.06. The van der Waals surface area contributed by atoms with Gasteiger partial charge in [0, 0.05) is 16.7 Å². The molecular weight excluding hydrogens is 272 g/mol. The zero-order valence-electron chi connectivity index (χ0n) is 11.5. The van der Waals surface area contributed by atoms with Crippen LogP contribution in [-0.4, -0.2) is 18.4 Å². The van der Waals surface area contributed by atoms with E-state index in [9.17, 15) is 5.11 Å². The van der Waals surface area contributed by atoms with E-state index in [0.717, 1.165) is 10.4 Å². The number of aromatic hydroxyl groups is 1. The topological polar surface area (TPSA) is 65.6 Å². The molecule has 2 aromatic rings. The third-order valence-corrected chi connectivity index (χ3v) is 4.15. The van der Waals surface area contributed by atoms with Gasteiger partial charge in [0.15, 0.2) is 0 Å². The van der Waals surface area contributed by atoms with Crippen LogP contribution in [0.1, 0.15) is 21.6 Å². The van der Waals surface area contributed by atoms with E-state index in [4.69, 9.17) is 10.00 Å². The maximum absolute atomic E-state index is 9.79. The predicted octanol–water partition coefficient (Wildman–Crippen LogP) is 3.70. The minimum absolute atomic E-state index is 0.123. The highest BCUT2D eigenvalue weighted by atomic mass is 32.1. The lowest BCUT2D eigenvalue weighted by molar-refractivity contribution is 0.412. The number of methoxy groups -OCH3 is 1. The van der Waals surface area contributed by atoms with Crippen molar-refractivity contribution in [3.63, 3.8) is 0 Å². The van der Waals surface area contributed by atoms with Gasteiger partial charge in [0.25, 0.3) is 0 Å². The summed E-state index contributed by atoms with van der Waals surface area (Å²) in [5.74, 6) is 0.765. The van der Waals surface area contributed by atoms with E-state index in [2.05, 4.69) is 11.1 Å². The molecule has 4 nitrogen and oxygen atoms in total. The minimum Gasteiger partial charge on any atom is -0.507 e. The first-order valence-electron chi connectivity index (χ1n) is 5.98. The smallest absolute Gasteiger partial charge is 0.134 e. The van der Waals surface area contributed by atoms with Gasteiger partial charge in [0.1, 0.15) is 22.6 Å². The molecule has 5 heteroatoms. The van der Waals surface area contributed by atoms with Gasteiger partial charge in [-0.05, 0) is 37.6 Å². The molecule has 0 atom stereocenters. The van der Waals surface area contributed by atoms with Crippen molar-refractivity contribution in [3.05, 3.63) is 39.8 Å². The van der Waals surface area contributed by atoms with Crippen molar-refractivity contribution in [2.24, 2.45) is 4.99 Å². The summed E-state index contributed by atoms with van der Waals surface area (Å²) in [6, 6.07) is 7.09. The lowest BCUT2D eigenvalue weighted by atomic mass is 10.2. The van der Waals surface area contributed by atoms with Gasteiger partial charge in [-0.15, -0.1) is 11.3 Å². The monoisotopic (exact) mass is 286 g/mol. The van der Waals surface area contributed by atoms with Gasteiger partial charge >= 0.3 is 0 Å². The fourth-order valence-electron chi connectivity index (χ4n) is 1.72. The van der Waals surface area contributed by atoms with Gasteiger partial charge in [0.2, 0.25) is 0 Å². The van der Waals surface area contributed by atoms with Crippen molar-refractivity contribution in [3.8, 4) is 17.6 Å². The van der Waals surface area contributed by atoms with Gasteiger partial charge < -0.3 is 9.84 Å². The molecule has 1 heterocycles. The van der Waals surface area contributed by atoms with E-state index in [1.165, 1.54) is 11.3 Å². The molecule has 0 aliphatic heterocycles. The Bertz CT molecular complexity index is 711. The van der Waals surface area contributed by atoms with E-state index in [1.54, 1.807) is 31.5 Å². The Morgan fingerprint density at radius 1 is 1.40 bits per heavy atom. The number of hydrogen-bond donors (Lipinski definition) is 1. The normalized spacial score (nSPS) is 10.7. The molecule has 0 aliphatic rings. The quantitative estimate of drug-likeness (QED) is 0.875. The van der Waals surface area contributed by atoms with Crippen molar-refractivity contribution >= 4 is 22.6 Å². The maximum atomic E-state index is 9.79. The average molecular weight is 286 g/mol. The molecule has 0 unspecified atom stereocenters. The molecule has 0 spiro atoms. The summed E-state index contributed by atoms with van der Waals surface area (Å²) in [4.78, 5) is 5.39. The second-order valence-electron chi connectivity index (χ2n) is 4.26. The van der Waals surface area contributed by atoms with Crippen LogP contribution in [0.2, 0.25) is 0 Å². The van der Waals surface area contributed by atoms with Gasteiger partial charge in [0.05, 0.1) is 12.7 Å². The first-order chi connectivity index (χ1) is 9.56. The Balaban J connectivity index is 2.40. The van der Waals surface area contributed by atoms with Crippen molar-refractivity contribution in [1.82, 2.24) is 0 Å². The van der Waals surface area contributed by atoms with Gasteiger partial charge in [-0.25, -0.2) is 4.99 Å². The largest absolute Gasteiger partial charge is 0.507 e. The first kappa shape index (κ1) is 14.1. The van der Waals surface area contributed by atoms with Gasteiger partial charge in [-0.3, -0.25) is 0 Å². The number of thiophene rings is 1. The van der Waals surface area contributed by atoms with Crippen LogP contribution in [-0.2, 0) is 0 Å². The van der Waals surface area contributed by atoms with E-state index >= 15 is 0 Å². The summed E-state index contributed by atoms with van der Waals surface area (Å²) in [6.45, 7) is 3.87. The maximum Gasteiger partial charge on any atom is 0.134 e. The van der Waals surface area contributed by atoms with Crippen LogP contribution >= 0.6 is 11.3 Å². The van der Waals surface area contributed by atoms with Crippen LogP contribution < -0.4 is 4.74 Å². The highest BCUT2D eigenvalue weighted by Gasteiger charge is 2.11. The number of nitriles is 1. The standard InChI is InChI=1S/C15H14N2O2S/c1-9-10(2)20-15(13(9)7-16)17-8-11-6-12(19-3)4-5-14(11)18/h4-6,8,18H,1-3H3/b17-8+. The fourth-order valence-corrected chi connectivity index (χ4v) is 2.67. The van der Waals surface area contributed by atoms with Crippen LogP contribution in [0.4, 0.5) is 5.00 Å². The highest BCUT2D eigenvalue weighted by molar-refractivity contribution is 7.16. The molecule has 20 heavy (non-hydrogen) atoms. The SMILES string of the molecule is COc1ccc(O)c(/C=N/c2sc(C)c(C)c2C#N)c1. The van der Waals surface area contributed by atoms with Crippen molar-refractivity contribution in [2.45, 2.75) is 13.8 Å². The molecule has 1 N–H and O–H groups in total. The molecule has 102 valence electrons. The van der Waals surface area contributed by atoms with Gasteiger partial charge in [-0.2, -0.15) is 5.26 Å². The summed E-state index contributed by atoms with van der Waals surface area (Å²) in [5, 5.41) is 19.6. The van der Waals surface area contributed by atoms with Crippen LogP contribution in [0.25, 0.3) is 0 Å². The predicted molar refractivity (Wildman–Crippen MR) is 80.4 cm³/mol. The van der Waals surface area contributed by atoms with Crippen molar-refractivity contribution in [2.75, 3.05) is 7.11 Å². The number of nitrogens with zero attached hydrogens (tertiary/aromatic N) is 2. The zero-order valence-corrected chi connectivity index (χ0v) is 12.3. The Morgan fingerprint density at radius 3 is 2.80 bits per heavy atom. The molecule has 0 bridgehead atoms. The Labute approximate surface area is 121 Å². The third-order valence-electron chi connectivity index (χ3n) is 3.03. The first-order valence-corrected chi connectivity index (χ1v) is 6.79. The Morgan fingerprint density at radius 2 is 2.15 bits per heavy atom. The number of aryl methyl sites for hydroxylation is 1. The molecule has 0 saturated heterocycles. The number of hydrogen-bond acceptors (Lipinski definition) is 5. The van der Waals surface area contributed by atoms with Crippen molar-refractivity contribution < 1.29 is 9.84 Å². The Hall–Kier alpha value is -2.32. The molecule has 1 aromatic carbocycles. The molecule has 0 radical (unpaired) electrons. The molecular formula is C15H14N2O2S. The molecule has 0 fully saturated rings. The highest BCUT2D eigenvalue weighted by Crippen LogP contribution is 2.34. The summed E-state index contributed by atoms with van der Waals surface area (Å²) in [7, 11) is 1.56. The summed E-state index contributed by atoms with van der Waals surface area (Å²) >= 11 is 1.47. The minimum atomic E-state index is 0.123. The summed E-state index contributed by atoms with van der Waals surface area (Å²) in [6.07, 6.45) is 1.55. The third kappa shape index (κ3) is 2.65. The molecule has 1 aromatic heterocycles. The van der Waals surface area contributed by atoms with Crippen LogP contribution in [0.5, 0.6) is 11.5 Å². The second kappa shape index (κ2) is 5.76. The number of aliphatic imine (C=N–C) groups is 1. The lowest BCUT2D eigenvalue weighted by Crippen LogP contribution is -1.87.